The molecular formula is C14H21NO4. The lowest BCUT2D eigenvalue weighted by Crippen LogP contribution is -2.51. The summed E-state index contributed by atoms with van der Waals surface area (Å²) in [5, 5.41) is 19.6. The van der Waals surface area contributed by atoms with E-state index in [2.05, 4.69) is 0 Å². The topological polar surface area (TPSA) is 70.0 Å². The van der Waals surface area contributed by atoms with Crippen LogP contribution < -0.4 is 0 Å². The smallest absolute Gasteiger partial charge is 0.228 e. The number of fused-ring (bicyclic) bond motifs is 1. The van der Waals surface area contributed by atoms with Crippen molar-refractivity contribution < 1.29 is 19.7 Å². The second-order valence-corrected chi connectivity index (χ2v) is 5.96. The molecule has 0 radical (unpaired) electrons. The summed E-state index contributed by atoms with van der Waals surface area (Å²) in [6.45, 7) is 7.03. The predicted molar refractivity (Wildman–Crippen MR) is 70.2 cm³/mol. The van der Waals surface area contributed by atoms with Crippen LogP contribution in [0, 0.1) is 5.41 Å². The van der Waals surface area contributed by atoms with Crippen LogP contribution in [0.25, 0.3) is 0 Å². The first kappa shape index (κ1) is 14.2. The van der Waals surface area contributed by atoms with Crippen LogP contribution in [0.4, 0.5) is 0 Å². The number of ether oxygens (including phenoxy) is 1. The zero-order valence-electron chi connectivity index (χ0n) is 11.6. The van der Waals surface area contributed by atoms with Crippen LogP contribution in [0.2, 0.25) is 0 Å². The Morgan fingerprint density at radius 1 is 1.47 bits per heavy atom. The first-order chi connectivity index (χ1) is 8.78. The van der Waals surface area contributed by atoms with Gasteiger partial charge in [0.2, 0.25) is 5.79 Å². The van der Waals surface area contributed by atoms with Crippen LogP contribution in [-0.4, -0.2) is 53.0 Å². The van der Waals surface area contributed by atoms with Crippen molar-refractivity contribution in [1.82, 2.24) is 4.90 Å². The molecule has 1 aliphatic carbocycles. The average molecular weight is 267 g/mol. The summed E-state index contributed by atoms with van der Waals surface area (Å²) < 4.78 is 5.46. The van der Waals surface area contributed by atoms with Crippen LogP contribution in [-0.2, 0) is 9.53 Å². The van der Waals surface area contributed by atoms with E-state index >= 15 is 0 Å². The van der Waals surface area contributed by atoms with Gasteiger partial charge in [0.05, 0.1) is 18.9 Å². The van der Waals surface area contributed by atoms with Gasteiger partial charge in [-0.2, -0.15) is 0 Å². The molecule has 0 bridgehead atoms. The van der Waals surface area contributed by atoms with E-state index in [-0.39, 0.29) is 17.8 Å². The Morgan fingerprint density at radius 3 is 2.74 bits per heavy atom. The molecule has 106 valence electrons. The van der Waals surface area contributed by atoms with Gasteiger partial charge in [0.15, 0.2) is 5.78 Å². The molecule has 5 heteroatoms. The maximum Gasteiger partial charge on any atom is 0.228 e. The number of aliphatic hydroxyl groups excluding tert-OH is 1. The minimum absolute atomic E-state index is 0.0303. The first-order valence-electron chi connectivity index (χ1n) is 6.50. The van der Waals surface area contributed by atoms with Gasteiger partial charge in [0.1, 0.15) is 0 Å². The Labute approximate surface area is 113 Å². The number of aliphatic hydroxyl groups is 2. The van der Waals surface area contributed by atoms with Crippen LogP contribution in [0.3, 0.4) is 0 Å². The van der Waals surface area contributed by atoms with E-state index in [0.717, 1.165) is 0 Å². The summed E-state index contributed by atoms with van der Waals surface area (Å²) in [6, 6.07) is 0. The van der Waals surface area contributed by atoms with Crippen molar-refractivity contribution in [3.63, 3.8) is 0 Å². The number of carbonyl (C=O) groups excluding carboxylic acids is 1. The summed E-state index contributed by atoms with van der Waals surface area (Å²) in [4.78, 5) is 14.0. The molecule has 2 N–H and O–H groups in total. The fourth-order valence-corrected chi connectivity index (χ4v) is 2.45. The minimum atomic E-state index is -1.55. The number of hydrogen-bond acceptors (Lipinski definition) is 5. The van der Waals surface area contributed by atoms with Crippen molar-refractivity contribution in [2.45, 2.75) is 26.6 Å². The molecule has 19 heavy (non-hydrogen) atoms. The van der Waals surface area contributed by atoms with E-state index < -0.39 is 5.79 Å². The second kappa shape index (κ2) is 4.74. The molecule has 1 fully saturated rings. The molecule has 2 rings (SSSR count). The number of β-amino-alcohol motifs (C(OH)–C–C–N with tert-alkyl or cyclic N) is 1. The van der Waals surface area contributed by atoms with Gasteiger partial charge in [-0.25, -0.2) is 0 Å². The zero-order chi connectivity index (χ0) is 14.3. The number of morpholine rings is 1. The summed E-state index contributed by atoms with van der Waals surface area (Å²) >= 11 is 0. The molecule has 1 saturated heterocycles. The van der Waals surface area contributed by atoms with Crippen LogP contribution in [0.15, 0.2) is 23.4 Å². The monoisotopic (exact) mass is 267 g/mol. The first-order valence-corrected chi connectivity index (χ1v) is 6.50. The highest BCUT2D eigenvalue weighted by atomic mass is 16.6. The molecule has 0 unspecified atom stereocenters. The summed E-state index contributed by atoms with van der Waals surface area (Å²) in [6.07, 6.45) is 2.93. The molecular weight excluding hydrogens is 246 g/mol. The number of nitrogens with zero attached hydrogens (tertiary/aromatic N) is 1. The van der Waals surface area contributed by atoms with Gasteiger partial charge in [0, 0.05) is 24.7 Å². The van der Waals surface area contributed by atoms with Crippen molar-refractivity contribution in [3.8, 4) is 0 Å². The van der Waals surface area contributed by atoms with Gasteiger partial charge < -0.3 is 19.8 Å². The van der Waals surface area contributed by atoms with Crippen LogP contribution in [0.1, 0.15) is 20.8 Å². The summed E-state index contributed by atoms with van der Waals surface area (Å²) in [7, 11) is 0. The van der Waals surface area contributed by atoms with Gasteiger partial charge in [0.25, 0.3) is 0 Å². The third-order valence-corrected chi connectivity index (χ3v) is 3.44. The molecule has 1 aliphatic heterocycles. The highest BCUT2D eigenvalue weighted by molar-refractivity contribution is 6.06. The lowest BCUT2D eigenvalue weighted by atomic mass is 9.79. The van der Waals surface area contributed by atoms with Gasteiger partial charge in [-0.05, 0) is 11.5 Å². The summed E-state index contributed by atoms with van der Waals surface area (Å²) in [5.41, 5.74) is 0.618. The number of hydrogen-bond donors (Lipinski definition) is 2. The fraction of sp³-hybridized carbons (Fsp3) is 0.643. The Hall–Kier alpha value is -1.17. The standard InChI is InChI=1S/C14H21NO4/c1-13(2,3)10-9-14(18)12(8-11(10)17)15(4-6-16)5-7-19-14/h8-9,16,18H,4-7H2,1-3H3/t14-/m1/s1. The number of ketones is 1. The van der Waals surface area contributed by atoms with Gasteiger partial charge in [-0.15, -0.1) is 0 Å². The molecule has 0 saturated carbocycles. The Kier molecular flexibility index (Phi) is 3.55. The van der Waals surface area contributed by atoms with Crippen molar-refractivity contribution in [1.29, 1.82) is 0 Å². The third kappa shape index (κ3) is 2.59. The Morgan fingerprint density at radius 2 is 2.16 bits per heavy atom. The maximum atomic E-state index is 12.2. The van der Waals surface area contributed by atoms with Gasteiger partial charge >= 0.3 is 0 Å². The molecule has 5 nitrogen and oxygen atoms in total. The Bertz CT molecular complexity index is 445. The largest absolute Gasteiger partial charge is 0.395 e. The second-order valence-electron chi connectivity index (χ2n) is 5.96. The van der Waals surface area contributed by atoms with Crippen LogP contribution >= 0.6 is 0 Å². The van der Waals surface area contributed by atoms with E-state index in [4.69, 9.17) is 9.84 Å². The molecule has 0 aromatic rings. The fourth-order valence-electron chi connectivity index (χ4n) is 2.45. The SMILES string of the molecule is CC(C)(C)C1=C[C@@]2(O)OCCN(CCO)C2=CC1=O. The van der Waals surface area contributed by atoms with Crippen molar-refractivity contribution >= 4 is 5.78 Å². The van der Waals surface area contributed by atoms with E-state index in [1.807, 2.05) is 20.8 Å². The third-order valence-electron chi connectivity index (χ3n) is 3.44. The molecule has 1 heterocycles. The molecule has 1 atom stereocenters. The van der Waals surface area contributed by atoms with Crippen molar-refractivity contribution in [2.24, 2.45) is 5.41 Å². The van der Waals surface area contributed by atoms with E-state index in [0.29, 0.717) is 31.0 Å². The predicted octanol–water partition coefficient (Wildman–Crippen LogP) is 0.439. The lowest BCUT2D eigenvalue weighted by molar-refractivity contribution is -0.179. The Balaban J connectivity index is 2.39. The number of allylic oxidation sites excluding steroid dienone is 2. The molecule has 0 aromatic carbocycles. The number of carbonyl (C=O) groups is 1. The van der Waals surface area contributed by atoms with Gasteiger partial charge in [-0.1, -0.05) is 20.8 Å². The van der Waals surface area contributed by atoms with Gasteiger partial charge in [-0.3, -0.25) is 4.79 Å². The average Bonchev–Trinajstić information content (AvgIpc) is 2.29. The van der Waals surface area contributed by atoms with E-state index in [9.17, 15) is 9.90 Å². The van der Waals surface area contributed by atoms with E-state index in [1.165, 1.54) is 12.2 Å². The lowest BCUT2D eigenvalue weighted by Gasteiger charge is -2.43. The molecule has 0 spiro atoms. The maximum absolute atomic E-state index is 12.2. The van der Waals surface area contributed by atoms with Crippen molar-refractivity contribution in [2.75, 3.05) is 26.3 Å². The highest BCUT2D eigenvalue weighted by Gasteiger charge is 2.43. The highest BCUT2D eigenvalue weighted by Crippen LogP contribution is 2.38. The number of rotatable bonds is 2. The zero-order valence-corrected chi connectivity index (χ0v) is 11.6. The quantitative estimate of drug-likeness (QED) is 0.759. The normalized spacial score (nSPS) is 27.8. The molecule has 2 aliphatic rings. The minimum Gasteiger partial charge on any atom is -0.395 e. The molecule has 0 aromatic heterocycles. The van der Waals surface area contributed by atoms with Crippen molar-refractivity contribution in [3.05, 3.63) is 23.4 Å². The molecule has 0 amide bonds. The van der Waals surface area contributed by atoms with Crippen LogP contribution in [0.5, 0.6) is 0 Å². The van der Waals surface area contributed by atoms with E-state index in [1.54, 1.807) is 4.90 Å². The summed E-state index contributed by atoms with van der Waals surface area (Å²) in [5.74, 6) is -1.66.